The molecule has 152 valence electrons. The zero-order valence-corrected chi connectivity index (χ0v) is 17.9. The Bertz CT molecular complexity index is 451. The van der Waals surface area contributed by atoms with Gasteiger partial charge < -0.3 is 10.8 Å². The Hall–Kier alpha value is -0.0800. The van der Waals surface area contributed by atoms with Gasteiger partial charge in [-0.3, -0.25) is 0 Å². The molecule has 0 amide bonds. The van der Waals surface area contributed by atoms with Crippen LogP contribution in [0.25, 0.3) is 0 Å². The van der Waals surface area contributed by atoms with Gasteiger partial charge >= 0.3 is 0 Å². The van der Waals surface area contributed by atoms with Gasteiger partial charge in [0.25, 0.3) is 0 Å². The molecule has 3 rings (SSSR count). The molecule has 9 atom stereocenters. The lowest BCUT2D eigenvalue weighted by Gasteiger charge is -2.58. The van der Waals surface area contributed by atoms with Crippen molar-refractivity contribution in [1.29, 1.82) is 0 Å². The summed E-state index contributed by atoms with van der Waals surface area (Å²) >= 11 is 0. The molecule has 0 spiro atoms. The van der Waals surface area contributed by atoms with E-state index in [1.54, 1.807) is 0 Å². The van der Waals surface area contributed by atoms with Gasteiger partial charge in [-0.1, -0.05) is 47.0 Å². The first-order valence-electron chi connectivity index (χ1n) is 11.9. The Morgan fingerprint density at radius 1 is 1.04 bits per heavy atom. The van der Waals surface area contributed by atoms with Crippen molar-refractivity contribution in [3.05, 3.63) is 0 Å². The average molecular weight is 364 g/mol. The minimum Gasteiger partial charge on any atom is -0.393 e. The summed E-state index contributed by atoms with van der Waals surface area (Å²) in [5.74, 6) is 5.00. The largest absolute Gasteiger partial charge is 0.393 e. The van der Waals surface area contributed by atoms with Crippen LogP contribution >= 0.6 is 0 Å². The van der Waals surface area contributed by atoms with Crippen molar-refractivity contribution in [1.82, 2.24) is 0 Å². The predicted octanol–water partition coefficient (Wildman–Crippen LogP) is 5.63. The molecular formula is C24H45NO. The smallest absolute Gasteiger partial charge is 0.0604 e. The van der Waals surface area contributed by atoms with Gasteiger partial charge in [-0.25, -0.2) is 0 Å². The summed E-state index contributed by atoms with van der Waals surface area (Å²) in [6.07, 6.45) is 13.0. The lowest BCUT2D eigenvalue weighted by molar-refractivity contribution is -0.146. The summed E-state index contributed by atoms with van der Waals surface area (Å²) in [7, 11) is 0. The summed E-state index contributed by atoms with van der Waals surface area (Å²) in [6.45, 7) is 10.6. The Morgan fingerprint density at radius 3 is 2.46 bits per heavy atom. The molecule has 0 aliphatic heterocycles. The topological polar surface area (TPSA) is 46.2 Å². The summed E-state index contributed by atoms with van der Waals surface area (Å²) in [4.78, 5) is 0. The number of nitrogens with two attached hydrogens (primary N) is 1. The SMILES string of the molecule is CCCC[C@@H]1[C@@H](C)[C@H]2CC[C@@]3(C)C(CC[C@@H]3CCCN)[C@@H]2[C@H](O)[C@@H]1CC. The predicted molar refractivity (Wildman–Crippen MR) is 111 cm³/mol. The minimum absolute atomic E-state index is 0.0547. The van der Waals surface area contributed by atoms with Crippen LogP contribution in [0.1, 0.15) is 91.9 Å². The number of hydrogen-bond donors (Lipinski definition) is 2. The minimum atomic E-state index is -0.0547. The van der Waals surface area contributed by atoms with E-state index in [9.17, 15) is 5.11 Å². The van der Waals surface area contributed by atoms with Crippen molar-refractivity contribution in [3.63, 3.8) is 0 Å². The maximum atomic E-state index is 11.6. The van der Waals surface area contributed by atoms with Gasteiger partial charge in [-0.15, -0.1) is 0 Å². The Morgan fingerprint density at radius 2 is 1.81 bits per heavy atom. The highest BCUT2D eigenvalue weighted by Gasteiger charge is 2.59. The number of aliphatic hydroxyl groups is 1. The molecule has 3 aliphatic rings. The quantitative estimate of drug-likeness (QED) is 0.616. The summed E-state index contributed by atoms with van der Waals surface area (Å²) in [5, 5.41) is 11.6. The zero-order chi connectivity index (χ0) is 18.9. The van der Waals surface area contributed by atoms with Gasteiger partial charge in [-0.05, 0) is 98.3 Å². The van der Waals surface area contributed by atoms with Crippen LogP contribution in [0.3, 0.4) is 0 Å². The van der Waals surface area contributed by atoms with E-state index in [2.05, 4.69) is 27.7 Å². The first-order valence-corrected chi connectivity index (χ1v) is 11.9. The Labute approximate surface area is 162 Å². The normalized spacial score (nSPS) is 48.2. The molecule has 3 aliphatic carbocycles. The number of unbranched alkanes of at least 4 members (excludes halogenated alkanes) is 1. The zero-order valence-electron chi connectivity index (χ0n) is 17.9. The van der Waals surface area contributed by atoms with Gasteiger partial charge in [0.2, 0.25) is 0 Å². The molecule has 3 saturated carbocycles. The third-order valence-corrected chi connectivity index (χ3v) is 9.43. The van der Waals surface area contributed by atoms with E-state index < -0.39 is 0 Å². The fraction of sp³-hybridized carbons (Fsp3) is 1.00. The Kier molecular flexibility index (Phi) is 6.76. The van der Waals surface area contributed by atoms with Gasteiger partial charge in [0, 0.05) is 0 Å². The van der Waals surface area contributed by atoms with Crippen LogP contribution in [0, 0.1) is 46.8 Å². The fourth-order valence-corrected chi connectivity index (χ4v) is 7.98. The average Bonchev–Trinajstić information content (AvgIpc) is 2.97. The number of rotatable bonds is 7. The van der Waals surface area contributed by atoms with Crippen LogP contribution in [0.2, 0.25) is 0 Å². The number of aliphatic hydroxyl groups excluding tert-OH is 1. The number of hydrogen-bond acceptors (Lipinski definition) is 2. The summed E-state index contributed by atoms with van der Waals surface area (Å²) in [5.41, 5.74) is 6.28. The van der Waals surface area contributed by atoms with Crippen LogP contribution in [-0.4, -0.2) is 17.8 Å². The Balaban J connectivity index is 1.82. The molecule has 0 bridgehead atoms. The monoisotopic (exact) mass is 363 g/mol. The molecule has 0 saturated heterocycles. The second-order valence-electron chi connectivity index (χ2n) is 10.3. The maximum absolute atomic E-state index is 11.6. The molecular weight excluding hydrogens is 318 g/mol. The fourth-order valence-electron chi connectivity index (χ4n) is 7.98. The van der Waals surface area contributed by atoms with Gasteiger partial charge in [-0.2, -0.15) is 0 Å². The van der Waals surface area contributed by atoms with Crippen molar-refractivity contribution >= 4 is 0 Å². The molecule has 3 N–H and O–H groups in total. The molecule has 0 radical (unpaired) electrons. The third kappa shape index (κ3) is 3.39. The highest BCUT2D eigenvalue weighted by molar-refractivity contribution is 5.08. The van der Waals surface area contributed by atoms with E-state index in [1.165, 1.54) is 57.8 Å². The van der Waals surface area contributed by atoms with Crippen LogP contribution in [0.15, 0.2) is 0 Å². The first kappa shape index (κ1) is 20.6. The molecule has 0 heterocycles. The summed E-state index contributed by atoms with van der Waals surface area (Å²) < 4.78 is 0. The number of fused-ring (bicyclic) bond motifs is 3. The molecule has 3 fully saturated rings. The molecule has 0 aromatic heterocycles. The second-order valence-corrected chi connectivity index (χ2v) is 10.3. The highest BCUT2D eigenvalue weighted by atomic mass is 16.3. The van der Waals surface area contributed by atoms with Gasteiger partial charge in [0.15, 0.2) is 0 Å². The van der Waals surface area contributed by atoms with Crippen LogP contribution in [-0.2, 0) is 0 Å². The van der Waals surface area contributed by atoms with Crippen LogP contribution in [0.5, 0.6) is 0 Å². The van der Waals surface area contributed by atoms with Crippen molar-refractivity contribution in [3.8, 4) is 0 Å². The molecule has 0 aromatic carbocycles. The molecule has 1 unspecified atom stereocenters. The lowest BCUT2D eigenvalue weighted by Crippen LogP contribution is -2.56. The molecule has 0 aromatic rings. The molecule has 2 heteroatoms. The van der Waals surface area contributed by atoms with E-state index in [4.69, 9.17) is 5.73 Å². The molecule has 2 nitrogen and oxygen atoms in total. The summed E-state index contributed by atoms with van der Waals surface area (Å²) in [6, 6.07) is 0. The maximum Gasteiger partial charge on any atom is 0.0604 e. The standard InChI is InChI=1S/C24H45NO/c1-5-7-10-19-16(3)20-13-14-24(4)17(9-8-15-25)11-12-21(24)22(20)23(26)18(19)6-2/h16-23,26H,5-15,25H2,1-4H3/t16-,17+,18-,19-,20-,21?,22-,23-,24-/m1/s1. The third-order valence-electron chi connectivity index (χ3n) is 9.43. The van der Waals surface area contributed by atoms with E-state index in [1.807, 2.05) is 0 Å². The van der Waals surface area contributed by atoms with Crippen LogP contribution < -0.4 is 5.73 Å². The van der Waals surface area contributed by atoms with Gasteiger partial charge in [0.05, 0.1) is 6.10 Å². The van der Waals surface area contributed by atoms with Gasteiger partial charge in [0.1, 0.15) is 0 Å². The first-order chi connectivity index (χ1) is 12.5. The second kappa shape index (κ2) is 8.52. The van der Waals surface area contributed by atoms with Crippen LogP contribution in [0.4, 0.5) is 0 Å². The lowest BCUT2D eigenvalue weighted by atomic mass is 9.48. The van der Waals surface area contributed by atoms with E-state index in [0.717, 1.165) is 42.6 Å². The van der Waals surface area contributed by atoms with Crippen molar-refractivity contribution in [2.75, 3.05) is 6.54 Å². The van der Waals surface area contributed by atoms with Crippen molar-refractivity contribution < 1.29 is 5.11 Å². The van der Waals surface area contributed by atoms with E-state index >= 15 is 0 Å². The van der Waals surface area contributed by atoms with E-state index in [0.29, 0.717) is 17.3 Å². The van der Waals surface area contributed by atoms with Crippen molar-refractivity contribution in [2.24, 2.45) is 52.6 Å². The van der Waals surface area contributed by atoms with Crippen molar-refractivity contribution in [2.45, 2.75) is 98.0 Å². The van der Waals surface area contributed by atoms with E-state index in [-0.39, 0.29) is 6.10 Å². The highest BCUT2D eigenvalue weighted by Crippen LogP contribution is 2.64. The molecule has 26 heavy (non-hydrogen) atoms.